The van der Waals surface area contributed by atoms with Gasteiger partial charge in [-0.05, 0) is 18.2 Å². The molecule has 20 heavy (non-hydrogen) atoms. The van der Waals surface area contributed by atoms with Crippen LogP contribution < -0.4 is 11.1 Å². The van der Waals surface area contributed by atoms with Gasteiger partial charge in [0, 0.05) is 6.42 Å². The summed E-state index contributed by atoms with van der Waals surface area (Å²) < 4.78 is 10.5. The van der Waals surface area contributed by atoms with Gasteiger partial charge in [0.1, 0.15) is 5.52 Å². The molecule has 7 nitrogen and oxygen atoms in total. The quantitative estimate of drug-likeness (QED) is 0.631. The molecule has 2 aromatic rings. The zero-order valence-electron chi connectivity index (χ0n) is 10.5. The second-order valence-electron chi connectivity index (χ2n) is 4.12. The van der Waals surface area contributed by atoms with E-state index in [-0.39, 0.29) is 17.7 Å². The number of hydrogen-bond acceptors (Lipinski definition) is 5. The molecule has 102 valence electrons. The molecule has 2 heterocycles. The van der Waals surface area contributed by atoms with Crippen LogP contribution in [0.3, 0.4) is 0 Å². The normalized spacial score (nSPS) is 15.0. The summed E-state index contributed by atoms with van der Waals surface area (Å²) in [5, 5.41) is 2.41. The smallest absolute Gasteiger partial charge is 0.325 e. The molecule has 0 fully saturated rings. The van der Waals surface area contributed by atoms with E-state index in [1.807, 2.05) is 12.1 Å². The first-order valence-electron chi connectivity index (χ1n) is 6.06. The molecule has 0 spiro atoms. The third-order valence-corrected chi connectivity index (χ3v) is 2.67. The van der Waals surface area contributed by atoms with E-state index in [1.54, 1.807) is 18.2 Å². The number of benzene rings is 1. The minimum Gasteiger partial charge on any atom is -0.488 e. The molecule has 0 unspecified atom stereocenters. The van der Waals surface area contributed by atoms with Gasteiger partial charge in [0.2, 0.25) is 5.96 Å². The first-order valence-corrected chi connectivity index (χ1v) is 6.06. The number of nitrogens with one attached hydrogen (secondary N) is 1. The number of guanidine groups is 1. The minimum absolute atomic E-state index is 0.0883. The third-order valence-electron chi connectivity index (χ3n) is 2.67. The number of para-hydroxylation sites is 2. The van der Waals surface area contributed by atoms with Crippen molar-refractivity contribution in [3.63, 3.8) is 0 Å². The number of hydrogen-bond donors (Lipinski definition) is 2. The molecule has 0 saturated heterocycles. The highest BCUT2D eigenvalue weighted by Gasteiger charge is 2.16. The van der Waals surface area contributed by atoms with Crippen molar-refractivity contribution in [3.05, 3.63) is 36.1 Å². The van der Waals surface area contributed by atoms with Gasteiger partial charge in [0.05, 0.1) is 6.61 Å². The lowest BCUT2D eigenvalue weighted by atomic mass is 10.3. The zero-order valence-corrected chi connectivity index (χ0v) is 10.5. The summed E-state index contributed by atoms with van der Waals surface area (Å²) in [4.78, 5) is 19.7. The summed E-state index contributed by atoms with van der Waals surface area (Å²) in [5.41, 5.74) is 6.91. The van der Waals surface area contributed by atoms with Crippen molar-refractivity contribution >= 4 is 29.0 Å². The maximum Gasteiger partial charge on any atom is 0.325 e. The van der Waals surface area contributed by atoms with Crippen LogP contribution in [0.4, 0.5) is 6.01 Å². The Bertz CT molecular complexity index is 684. The van der Waals surface area contributed by atoms with E-state index in [9.17, 15) is 4.79 Å². The molecule has 0 atom stereocenters. The predicted molar refractivity (Wildman–Crippen MR) is 72.1 cm³/mol. The lowest BCUT2D eigenvalue weighted by Gasteiger charge is -2.04. The average molecular weight is 272 g/mol. The highest BCUT2D eigenvalue weighted by atomic mass is 16.5. The number of rotatable bonds is 2. The lowest BCUT2D eigenvalue weighted by Crippen LogP contribution is -2.37. The summed E-state index contributed by atoms with van der Waals surface area (Å²) in [6, 6.07) is 7.32. The minimum atomic E-state index is -0.431. The fourth-order valence-electron chi connectivity index (χ4n) is 1.79. The highest BCUT2D eigenvalue weighted by molar-refractivity contribution is 6.04. The standard InChI is InChI=1S/C13H12N4O3/c14-12(16-11(18)10-6-3-7-19-10)17-13-15-8-4-1-2-5-9(8)20-13/h1-2,4-6H,3,7H2,(H3,14,15,16,17,18). The molecular formula is C13H12N4O3. The van der Waals surface area contributed by atoms with Gasteiger partial charge in [0.15, 0.2) is 11.3 Å². The van der Waals surface area contributed by atoms with Gasteiger partial charge in [0.25, 0.3) is 5.91 Å². The SMILES string of the molecule is N/C(=N\c1nc2ccccc2o1)NC(=O)C1=CCCO1. The molecule has 0 radical (unpaired) electrons. The van der Waals surface area contributed by atoms with Crippen LogP contribution in [0.5, 0.6) is 0 Å². The Kier molecular flexibility index (Phi) is 3.08. The largest absolute Gasteiger partial charge is 0.488 e. The fourth-order valence-corrected chi connectivity index (χ4v) is 1.79. The molecule has 1 aromatic carbocycles. The van der Waals surface area contributed by atoms with E-state index in [1.165, 1.54) is 0 Å². The summed E-state index contributed by atoms with van der Waals surface area (Å²) >= 11 is 0. The van der Waals surface area contributed by atoms with Crippen LogP contribution in [0, 0.1) is 0 Å². The number of carbonyl (C=O) groups excluding carboxylic acids is 1. The maximum atomic E-state index is 11.7. The summed E-state index contributed by atoms with van der Waals surface area (Å²) in [6.07, 6.45) is 2.41. The molecule has 3 N–H and O–H groups in total. The molecule has 3 rings (SSSR count). The van der Waals surface area contributed by atoms with Gasteiger partial charge in [-0.1, -0.05) is 12.1 Å². The van der Waals surface area contributed by atoms with Crippen LogP contribution >= 0.6 is 0 Å². The number of amides is 1. The Morgan fingerprint density at radius 1 is 1.40 bits per heavy atom. The van der Waals surface area contributed by atoms with E-state index in [0.29, 0.717) is 24.1 Å². The Labute approximate surface area is 114 Å². The summed E-state index contributed by atoms with van der Waals surface area (Å²) in [5.74, 6) is -0.279. The van der Waals surface area contributed by atoms with Crippen molar-refractivity contribution in [1.82, 2.24) is 10.3 Å². The monoisotopic (exact) mass is 272 g/mol. The van der Waals surface area contributed by atoms with Gasteiger partial charge in [-0.3, -0.25) is 10.1 Å². The van der Waals surface area contributed by atoms with E-state index in [2.05, 4.69) is 15.3 Å². The van der Waals surface area contributed by atoms with Crippen LogP contribution in [-0.4, -0.2) is 23.5 Å². The van der Waals surface area contributed by atoms with Crippen LogP contribution in [0.15, 0.2) is 45.5 Å². The lowest BCUT2D eigenvalue weighted by molar-refractivity contribution is -0.119. The molecule has 1 aromatic heterocycles. The number of nitrogens with zero attached hydrogens (tertiary/aromatic N) is 2. The molecule has 1 amide bonds. The summed E-state index contributed by atoms with van der Waals surface area (Å²) in [7, 11) is 0. The third kappa shape index (κ3) is 2.46. The molecule has 1 aliphatic heterocycles. The Balaban J connectivity index is 1.75. The Hall–Kier alpha value is -2.83. The topological polar surface area (TPSA) is 103 Å². The molecular weight excluding hydrogens is 260 g/mol. The number of ether oxygens (including phenoxy) is 1. The van der Waals surface area contributed by atoms with Gasteiger partial charge in [-0.15, -0.1) is 0 Å². The molecule has 0 bridgehead atoms. The number of carbonyl (C=O) groups is 1. The number of nitrogens with two attached hydrogens (primary N) is 1. The Morgan fingerprint density at radius 2 is 2.25 bits per heavy atom. The van der Waals surface area contributed by atoms with E-state index < -0.39 is 5.91 Å². The highest BCUT2D eigenvalue weighted by Crippen LogP contribution is 2.20. The zero-order chi connectivity index (χ0) is 13.9. The number of aromatic nitrogens is 1. The second-order valence-corrected chi connectivity index (χ2v) is 4.12. The van der Waals surface area contributed by atoms with Crippen LogP contribution in [0.1, 0.15) is 6.42 Å². The van der Waals surface area contributed by atoms with Crippen molar-refractivity contribution in [2.45, 2.75) is 6.42 Å². The number of fused-ring (bicyclic) bond motifs is 1. The average Bonchev–Trinajstić information content (AvgIpc) is 3.07. The molecule has 1 aliphatic rings. The van der Waals surface area contributed by atoms with E-state index >= 15 is 0 Å². The summed E-state index contributed by atoms with van der Waals surface area (Å²) in [6.45, 7) is 0.505. The number of oxazole rings is 1. The van der Waals surface area contributed by atoms with Gasteiger partial charge >= 0.3 is 6.01 Å². The van der Waals surface area contributed by atoms with Crippen LogP contribution in [0.25, 0.3) is 11.1 Å². The van der Waals surface area contributed by atoms with Crippen molar-refractivity contribution in [1.29, 1.82) is 0 Å². The van der Waals surface area contributed by atoms with Crippen molar-refractivity contribution in [2.24, 2.45) is 10.7 Å². The number of aliphatic imine (C=N–C) groups is 1. The fraction of sp³-hybridized carbons (Fsp3) is 0.154. The predicted octanol–water partition coefficient (Wildman–Crippen LogP) is 1.19. The van der Waals surface area contributed by atoms with Crippen molar-refractivity contribution in [3.8, 4) is 0 Å². The maximum absolute atomic E-state index is 11.7. The molecule has 0 aliphatic carbocycles. The molecule has 7 heteroatoms. The first-order chi connectivity index (χ1) is 9.72. The first kappa shape index (κ1) is 12.2. The van der Waals surface area contributed by atoms with Gasteiger partial charge < -0.3 is 14.9 Å². The van der Waals surface area contributed by atoms with E-state index in [4.69, 9.17) is 14.9 Å². The second kappa shape index (κ2) is 5.04. The van der Waals surface area contributed by atoms with Crippen LogP contribution in [0.2, 0.25) is 0 Å². The molecule has 0 saturated carbocycles. The van der Waals surface area contributed by atoms with Gasteiger partial charge in [-0.2, -0.15) is 9.98 Å². The Morgan fingerprint density at radius 3 is 3.00 bits per heavy atom. The van der Waals surface area contributed by atoms with Crippen molar-refractivity contribution < 1.29 is 13.9 Å². The van der Waals surface area contributed by atoms with Crippen molar-refractivity contribution in [2.75, 3.05) is 6.61 Å². The van der Waals surface area contributed by atoms with E-state index in [0.717, 1.165) is 0 Å². The van der Waals surface area contributed by atoms with Crippen LogP contribution in [-0.2, 0) is 9.53 Å². The van der Waals surface area contributed by atoms with Gasteiger partial charge in [-0.25, -0.2) is 0 Å².